The summed E-state index contributed by atoms with van der Waals surface area (Å²) in [5.41, 5.74) is 0. The minimum atomic E-state index is -0.832. The Morgan fingerprint density at radius 1 is 1.27 bits per heavy atom. The second-order valence-electron chi connectivity index (χ2n) is 2.61. The van der Waals surface area contributed by atoms with Crippen LogP contribution in [0.5, 0.6) is 0 Å². The minimum absolute atomic E-state index is 0.393. The summed E-state index contributed by atoms with van der Waals surface area (Å²) in [7, 11) is 0. The Hall–Kier alpha value is -0.510. The van der Waals surface area contributed by atoms with E-state index in [0.717, 1.165) is 0 Å². The Morgan fingerprint density at radius 3 is 2.00 bits per heavy atom. The molecule has 11 heavy (non-hydrogen) atoms. The predicted molar refractivity (Wildman–Crippen MR) is 41.5 cm³/mol. The lowest BCUT2D eigenvalue weighted by Gasteiger charge is -2.04. The average molecular weight is 219 g/mol. The molecular formula is C7H7BrO3. The van der Waals surface area contributed by atoms with E-state index in [0.29, 0.717) is 5.33 Å². The smallest absolute Gasteiger partial charge is 0.264 e. The van der Waals surface area contributed by atoms with E-state index in [2.05, 4.69) is 15.9 Å². The summed E-state index contributed by atoms with van der Waals surface area (Å²) in [6.07, 6.45) is 0. The molecule has 0 aromatic carbocycles. The molecule has 1 fully saturated rings. The highest BCUT2D eigenvalue weighted by atomic mass is 79.9. The lowest BCUT2D eigenvalue weighted by Crippen LogP contribution is -2.16. The molecule has 0 bridgehead atoms. The van der Waals surface area contributed by atoms with Crippen LogP contribution in [0, 0.1) is 11.8 Å². The summed E-state index contributed by atoms with van der Waals surface area (Å²) in [6, 6.07) is 0. The number of halogens is 1. The third-order valence-electron chi connectivity index (χ3n) is 1.97. The Morgan fingerprint density at radius 2 is 1.82 bits per heavy atom. The normalized spacial score (nSPS) is 31.6. The Labute approximate surface area is 72.3 Å². The van der Waals surface area contributed by atoms with E-state index in [1.165, 1.54) is 0 Å². The van der Waals surface area contributed by atoms with Gasteiger partial charge in [0.1, 0.15) is 0 Å². The summed E-state index contributed by atoms with van der Waals surface area (Å²) >= 11 is 3.09. The topological polar surface area (TPSA) is 51.2 Å². The summed E-state index contributed by atoms with van der Waals surface area (Å²) in [6.45, 7) is 1.61. The molecule has 0 N–H and O–H groups in total. The summed E-state index contributed by atoms with van der Waals surface area (Å²) in [5, 5.41) is 0.393. The lowest BCUT2D eigenvalue weighted by atomic mass is 10.00. The minimum Gasteiger partial charge on any atom is -0.290 e. The highest BCUT2D eigenvalue weighted by Crippen LogP contribution is 2.24. The van der Waals surface area contributed by atoms with Crippen LogP contribution in [0.25, 0.3) is 0 Å². The van der Waals surface area contributed by atoms with E-state index >= 15 is 0 Å². The van der Waals surface area contributed by atoms with Gasteiger partial charge in [0, 0.05) is 17.2 Å². The molecular weight excluding hydrogens is 212 g/mol. The maximum Gasteiger partial charge on any atom is 0.264 e. The number of hydrogen-bond donors (Lipinski definition) is 0. The molecule has 2 atom stereocenters. The molecule has 0 spiro atoms. The van der Waals surface area contributed by atoms with Gasteiger partial charge in [-0.2, -0.15) is 0 Å². The van der Waals surface area contributed by atoms with Crippen molar-refractivity contribution in [3.05, 3.63) is 0 Å². The molecule has 1 rings (SSSR count). The average Bonchev–Trinajstić information content (AvgIpc) is 2.17. The van der Waals surface area contributed by atoms with Crippen molar-refractivity contribution < 1.29 is 14.4 Å². The second kappa shape index (κ2) is 2.85. The fourth-order valence-corrected chi connectivity index (χ4v) is 1.96. The van der Waals surface area contributed by atoms with Crippen LogP contribution in [0.2, 0.25) is 0 Å². The van der Waals surface area contributed by atoms with E-state index in [9.17, 15) is 14.4 Å². The zero-order valence-corrected chi connectivity index (χ0v) is 7.55. The van der Waals surface area contributed by atoms with Crippen molar-refractivity contribution in [3.63, 3.8) is 0 Å². The number of rotatable bonds is 1. The molecule has 0 aromatic heterocycles. The molecule has 0 aliphatic heterocycles. The first-order chi connectivity index (χ1) is 5.09. The first-order valence-electron chi connectivity index (χ1n) is 3.28. The SMILES string of the molecule is CC1C(=O)C(=O)C(=O)C1CBr. The van der Waals surface area contributed by atoms with Crippen LogP contribution in [0.1, 0.15) is 6.92 Å². The summed E-state index contributed by atoms with van der Waals surface area (Å²) in [4.78, 5) is 32.6. The van der Waals surface area contributed by atoms with Crippen LogP contribution < -0.4 is 0 Å². The predicted octanol–water partition coefficient (Wildman–Crippen LogP) is 0.354. The number of ketones is 3. The number of alkyl halides is 1. The van der Waals surface area contributed by atoms with Crippen LogP contribution in [0.3, 0.4) is 0 Å². The monoisotopic (exact) mass is 218 g/mol. The van der Waals surface area contributed by atoms with E-state index in [1.807, 2.05) is 0 Å². The van der Waals surface area contributed by atoms with E-state index in [-0.39, 0.29) is 0 Å². The van der Waals surface area contributed by atoms with E-state index in [4.69, 9.17) is 0 Å². The third-order valence-corrected chi connectivity index (χ3v) is 2.67. The highest BCUT2D eigenvalue weighted by molar-refractivity contribution is 9.09. The number of carbonyl (C=O) groups is 3. The van der Waals surface area contributed by atoms with Crippen LogP contribution in [0.4, 0.5) is 0 Å². The zero-order valence-electron chi connectivity index (χ0n) is 5.96. The maximum absolute atomic E-state index is 11.0. The molecule has 2 unspecified atom stereocenters. The molecule has 3 nitrogen and oxygen atoms in total. The van der Waals surface area contributed by atoms with Crippen molar-refractivity contribution in [1.29, 1.82) is 0 Å². The van der Waals surface area contributed by atoms with Gasteiger partial charge in [0.25, 0.3) is 5.78 Å². The van der Waals surface area contributed by atoms with Gasteiger partial charge in [0.2, 0.25) is 11.6 Å². The van der Waals surface area contributed by atoms with Crippen molar-refractivity contribution in [2.24, 2.45) is 11.8 Å². The van der Waals surface area contributed by atoms with Gasteiger partial charge < -0.3 is 0 Å². The fourth-order valence-electron chi connectivity index (χ4n) is 1.11. The van der Waals surface area contributed by atoms with Crippen LogP contribution in [-0.4, -0.2) is 22.7 Å². The van der Waals surface area contributed by atoms with Crippen LogP contribution in [0.15, 0.2) is 0 Å². The summed E-state index contributed by atoms with van der Waals surface area (Å²) in [5.74, 6) is -2.79. The third kappa shape index (κ3) is 1.15. The van der Waals surface area contributed by atoms with Crippen molar-refractivity contribution >= 4 is 33.3 Å². The Kier molecular flexibility index (Phi) is 2.23. The van der Waals surface area contributed by atoms with Crippen molar-refractivity contribution in [2.75, 3.05) is 5.33 Å². The van der Waals surface area contributed by atoms with Gasteiger partial charge in [-0.25, -0.2) is 0 Å². The van der Waals surface area contributed by atoms with Gasteiger partial charge in [-0.1, -0.05) is 22.9 Å². The van der Waals surface area contributed by atoms with Gasteiger partial charge in [0.15, 0.2) is 0 Å². The standard InChI is InChI=1S/C7H7BrO3/c1-3-4(2-8)6(10)7(11)5(3)9/h3-4H,2H2,1H3. The first-order valence-corrected chi connectivity index (χ1v) is 4.40. The quantitative estimate of drug-likeness (QED) is 0.472. The zero-order chi connectivity index (χ0) is 8.59. The molecule has 60 valence electrons. The maximum atomic E-state index is 11.0. The van der Waals surface area contributed by atoms with Gasteiger partial charge in [-0.15, -0.1) is 0 Å². The number of hydrogen-bond acceptors (Lipinski definition) is 3. The van der Waals surface area contributed by atoms with Crippen molar-refractivity contribution in [3.8, 4) is 0 Å². The largest absolute Gasteiger partial charge is 0.290 e. The molecule has 0 radical (unpaired) electrons. The van der Waals surface area contributed by atoms with Crippen LogP contribution in [-0.2, 0) is 14.4 Å². The molecule has 1 aliphatic rings. The number of Topliss-reactive ketones (excluding diaryl/α,β-unsaturated/α-hetero) is 3. The Bertz CT molecular complexity index is 234. The fraction of sp³-hybridized carbons (Fsp3) is 0.571. The van der Waals surface area contributed by atoms with Crippen LogP contribution >= 0.6 is 15.9 Å². The molecule has 0 saturated heterocycles. The van der Waals surface area contributed by atoms with Gasteiger partial charge in [0.05, 0.1) is 0 Å². The molecule has 1 saturated carbocycles. The van der Waals surface area contributed by atoms with Crippen molar-refractivity contribution in [2.45, 2.75) is 6.92 Å². The van der Waals surface area contributed by atoms with Gasteiger partial charge in [-0.05, 0) is 0 Å². The number of carbonyl (C=O) groups excluding carboxylic acids is 3. The molecule has 4 heteroatoms. The second-order valence-corrected chi connectivity index (χ2v) is 3.25. The van der Waals surface area contributed by atoms with E-state index in [1.54, 1.807) is 6.92 Å². The highest BCUT2D eigenvalue weighted by Gasteiger charge is 2.45. The van der Waals surface area contributed by atoms with E-state index < -0.39 is 29.2 Å². The molecule has 0 aromatic rings. The summed E-state index contributed by atoms with van der Waals surface area (Å²) < 4.78 is 0. The van der Waals surface area contributed by atoms with Gasteiger partial charge >= 0.3 is 0 Å². The Balaban J connectivity index is 2.95. The molecule has 1 aliphatic carbocycles. The van der Waals surface area contributed by atoms with Crippen molar-refractivity contribution in [1.82, 2.24) is 0 Å². The lowest BCUT2D eigenvalue weighted by molar-refractivity contribution is -0.141. The van der Waals surface area contributed by atoms with Gasteiger partial charge in [-0.3, -0.25) is 14.4 Å². The molecule has 0 amide bonds. The first kappa shape index (κ1) is 8.59. The molecule has 0 heterocycles.